The van der Waals surface area contributed by atoms with Crippen LogP contribution in [0.5, 0.6) is 5.75 Å². The maximum atomic E-state index is 12.7. The van der Waals surface area contributed by atoms with Crippen LogP contribution in [0.25, 0.3) is 0 Å². The molecular formula is C18H22N2O5S. The van der Waals surface area contributed by atoms with Crippen molar-refractivity contribution in [2.45, 2.75) is 43.4 Å². The molecule has 0 atom stereocenters. The molecule has 1 aromatic heterocycles. The van der Waals surface area contributed by atoms with Gasteiger partial charge in [-0.05, 0) is 36.6 Å². The van der Waals surface area contributed by atoms with E-state index >= 15 is 0 Å². The van der Waals surface area contributed by atoms with Crippen molar-refractivity contribution < 1.29 is 17.9 Å². The normalized spacial score (nSPS) is 15.3. The lowest BCUT2D eigenvalue weighted by Gasteiger charge is -2.08. The molecule has 0 saturated heterocycles. The number of carbonyl (C=O) groups excluding carboxylic acids is 1. The fourth-order valence-corrected chi connectivity index (χ4v) is 4.56. The molecule has 0 unspecified atom stereocenters. The number of methoxy groups -OCH3 is 1. The quantitative estimate of drug-likeness (QED) is 0.771. The van der Waals surface area contributed by atoms with Crippen molar-refractivity contribution in [3.05, 3.63) is 47.1 Å². The van der Waals surface area contributed by atoms with Gasteiger partial charge in [-0.15, -0.1) is 0 Å². The van der Waals surface area contributed by atoms with E-state index in [1.54, 1.807) is 0 Å². The molecule has 1 aliphatic rings. The molecule has 1 saturated carbocycles. The number of hydrogen-bond acceptors (Lipinski definition) is 5. The summed E-state index contributed by atoms with van der Waals surface area (Å²) in [5, 5.41) is 0. The summed E-state index contributed by atoms with van der Waals surface area (Å²) in [4.78, 5) is 24.7. The molecule has 1 heterocycles. The zero-order chi connectivity index (χ0) is 18.7. The largest absolute Gasteiger partial charge is 0.497 e. The van der Waals surface area contributed by atoms with Crippen molar-refractivity contribution in [2.24, 2.45) is 5.92 Å². The number of ether oxygens (including phenoxy) is 1. The molecule has 1 fully saturated rings. The standard InChI is InChI=1S/C18H22N2O5S/c1-25-15-7-9-16(10-8-15)26(23,24)20-13-12-19(18(20)22)17(21)11-6-14-4-2-3-5-14/h7-10,12-14H,2-6,11H2,1H3. The summed E-state index contributed by atoms with van der Waals surface area (Å²) in [5.41, 5.74) is -0.864. The second-order valence-corrected chi connectivity index (χ2v) is 8.32. The zero-order valence-electron chi connectivity index (χ0n) is 14.6. The van der Waals surface area contributed by atoms with E-state index in [1.165, 1.54) is 50.4 Å². The van der Waals surface area contributed by atoms with Gasteiger partial charge in [-0.3, -0.25) is 4.79 Å². The topological polar surface area (TPSA) is 87.4 Å². The Morgan fingerprint density at radius 3 is 2.42 bits per heavy atom. The van der Waals surface area contributed by atoms with Crippen LogP contribution >= 0.6 is 0 Å². The van der Waals surface area contributed by atoms with E-state index in [4.69, 9.17) is 4.74 Å². The molecule has 2 aromatic rings. The number of nitrogens with zero attached hydrogens (tertiary/aromatic N) is 2. The van der Waals surface area contributed by atoms with Gasteiger partial charge in [0.05, 0.1) is 12.0 Å². The van der Waals surface area contributed by atoms with Gasteiger partial charge in [0.1, 0.15) is 5.75 Å². The molecule has 0 amide bonds. The third kappa shape index (κ3) is 3.60. The monoisotopic (exact) mass is 378 g/mol. The number of imidazole rings is 1. The lowest BCUT2D eigenvalue weighted by atomic mass is 10.0. The Kier molecular flexibility index (Phi) is 5.31. The van der Waals surface area contributed by atoms with Crippen LogP contribution in [0.3, 0.4) is 0 Å². The van der Waals surface area contributed by atoms with Crippen LogP contribution in [0.2, 0.25) is 0 Å². The summed E-state index contributed by atoms with van der Waals surface area (Å²) in [6, 6.07) is 5.73. The van der Waals surface area contributed by atoms with Gasteiger partial charge >= 0.3 is 5.69 Å². The Morgan fingerprint density at radius 2 is 1.81 bits per heavy atom. The second kappa shape index (κ2) is 7.49. The fraction of sp³-hybridized carbons (Fsp3) is 0.444. The fourth-order valence-electron chi connectivity index (χ4n) is 3.34. The molecule has 3 rings (SSSR count). The maximum absolute atomic E-state index is 12.7. The van der Waals surface area contributed by atoms with Crippen LogP contribution in [0.4, 0.5) is 0 Å². The Bertz CT molecular complexity index is 935. The Labute approximate surface area is 152 Å². The van der Waals surface area contributed by atoms with Crippen LogP contribution in [0, 0.1) is 5.92 Å². The van der Waals surface area contributed by atoms with Crippen LogP contribution in [0.1, 0.15) is 43.3 Å². The van der Waals surface area contributed by atoms with Gasteiger partial charge in [-0.25, -0.2) is 17.8 Å². The van der Waals surface area contributed by atoms with Crippen molar-refractivity contribution in [3.8, 4) is 5.75 Å². The predicted molar refractivity (Wildman–Crippen MR) is 96.1 cm³/mol. The second-order valence-electron chi connectivity index (χ2n) is 6.51. The van der Waals surface area contributed by atoms with Crippen LogP contribution in [0.15, 0.2) is 46.3 Å². The van der Waals surface area contributed by atoms with Crippen molar-refractivity contribution in [1.29, 1.82) is 0 Å². The third-order valence-corrected chi connectivity index (χ3v) is 6.54. The highest BCUT2D eigenvalue weighted by atomic mass is 32.2. The number of rotatable bonds is 6. The van der Waals surface area contributed by atoms with E-state index in [0.29, 0.717) is 15.6 Å². The maximum Gasteiger partial charge on any atom is 0.349 e. The number of hydrogen-bond donors (Lipinski definition) is 0. The van der Waals surface area contributed by atoms with Gasteiger partial charge in [-0.1, -0.05) is 25.7 Å². The molecule has 0 bridgehead atoms. The van der Waals surface area contributed by atoms with Crippen LogP contribution < -0.4 is 10.4 Å². The highest BCUT2D eigenvalue weighted by molar-refractivity contribution is 7.90. The minimum Gasteiger partial charge on any atom is -0.497 e. The summed E-state index contributed by atoms with van der Waals surface area (Å²) in [6.07, 6.45) is 7.95. The molecule has 7 nitrogen and oxygen atoms in total. The molecular weight excluding hydrogens is 356 g/mol. The average Bonchev–Trinajstić information content (AvgIpc) is 3.29. The van der Waals surface area contributed by atoms with Gasteiger partial charge in [0, 0.05) is 18.8 Å². The van der Waals surface area contributed by atoms with Crippen molar-refractivity contribution in [3.63, 3.8) is 0 Å². The summed E-state index contributed by atoms with van der Waals surface area (Å²) in [6.45, 7) is 0. The minimum atomic E-state index is -4.06. The summed E-state index contributed by atoms with van der Waals surface area (Å²) >= 11 is 0. The predicted octanol–water partition coefficient (Wildman–Crippen LogP) is 2.51. The van der Waals surface area contributed by atoms with E-state index in [-0.39, 0.29) is 17.2 Å². The third-order valence-electron chi connectivity index (χ3n) is 4.87. The number of carbonyl (C=O) groups is 1. The van der Waals surface area contributed by atoms with Crippen LogP contribution in [-0.2, 0) is 10.0 Å². The molecule has 0 radical (unpaired) electrons. The highest BCUT2D eigenvalue weighted by Gasteiger charge is 2.23. The first-order chi connectivity index (χ1) is 12.4. The van der Waals surface area contributed by atoms with Crippen molar-refractivity contribution >= 4 is 15.9 Å². The van der Waals surface area contributed by atoms with Crippen molar-refractivity contribution in [2.75, 3.05) is 7.11 Å². The van der Waals surface area contributed by atoms with E-state index < -0.39 is 15.7 Å². The van der Waals surface area contributed by atoms with Gasteiger partial charge in [0.15, 0.2) is 0 Å². The van der Waals surface area contributed by atoms with Gasteiger partial charge in [0.2, 0.25) is 5.91 Å². The SMILES string of the molecule is COc1ccc(S(=O)(=O)n2ccn(C(=O)CCC3CCCC3)c2=O)cc1. The first kappa shape index (κ1) is 18.4. The first-order valence-electron chi connectivity index (χ1n) is 8.66. The number of aromatic nitrogens is 2. The van der Waals surface area contributed by atoms with Gasteiger partial charge in [-0.2, -0.15) is 3.97 Å². The summed E-state index contributed by atoms with van der Waals surface area (Å²) < 4.78 is 31.8. The van der Waals surface area contributed by atoms with E-state index in [0.717, 1.165) is 30.0 Å². The molecule has 1 aromatic carbocycles. The highest BCUT2D eigenvalue weighted by Crippen LogP contribution is 2.28. The van der Waals surface area contributed by atoms with E-state index in [9.17, 15) is 18.0 Å². The molecule has 140 valence electrons. The van der Waals surface area contributed by atoms with E-state index in [2.05, 4.69) is 0 Å². The first-order valence-corrected chi connectivity index (χ1v) is 10.1. The molecule has 26 heavy (non-hydrogen) atoms. The Balaban J connectivity index is 1.80. The van der Waals surface area contributed by atoms with E-state index in [1.807, 2.05) is 0 Å². The lowest BCUT2D eigenvalue weighted by Crippen LogP contribution is -2.32. The number of benzene rings is 1. The van der Waals surface area contributed by atoms with Gasteiger partial charge < -0.3 is 4.74 Å². The Morgan fingerprint density at radius 1 is 1.15 bits per heavy atom. The summed E-state index contributed by atoms with van der Waals surface area (Å²) in [5.74, 6) is 0.668. The molecule has 0 spiro atoms. The molecule has 0 aliphatic heterocycles. The molecule has 8 heteroatoms. The zero-order valence-corrected chi connectivity index (χ0v) is 15.4. The summed E-state index contributed by atoms with van der Waals surface area (Å²) in [7, 11) is -2.58. The van der Waals surface area contributed by atoms with Gasteiger partial charge in [0.25, 0.3) is 10.0 Å². The molecule has 1 aliphatic carbocycles. The Hall–Kier alpha value is -2.35. The average molecular weight is 378 g/mol. The van der Waals surface area contributed by atoms with Crippen molar-refractivity contribution in [1.82, 2.24) is 8.54 Å². The smallest absolute Gasteiger partial charge is 0.349 e. The van der Waals surface area contributed by atoms with Crippen LogP contribution in [-0.4, -0.2) is 30.0 Å². The molecule has 0 N–H and O–H groups in total. The minimum absolute atomic E-state index is 0.0449. The lowest BCUT2D eigenvalue weighted by molar-refractivity contribution is 0.0889.